The van der Waals surface area contributed by atoms with Gasteiger partial charge in [0.1, 0.15) is 0 Å². The van der Waals surface area contributed by atoms with E-state index in [1.165, 1.54) is 11.3 Å². The second kappa shape index (κ2) is 6.95. The lowest BCUT2D eigenvalue weighted by molar-refractivity contribution is -0.128. The van der Waals surface area contributed by atoms with E-state index in [1.807, 2.05) is 24.1 Å². The van der Waals surface area contributed by atoms with Gasteiger partial charge < -0.3 is 15.1 Å². The van der Waals surface area contributed by atoms with Crippen molar-refractivity contribution in [3.8, 4) is 0 Å². The first-order valence-corrected chi connectivity index (χ1v) is 7.43. The molecular formula is C15H22ClN3O. The van der Waals surface area contributed by atoms with E-state index in [2.05, 4.69) is 16.3 Å². The predicted octanol–water partition coefficient (Wildman–Crippen LogP) is 2.12. The van der Waals surface area contributed by atoms with Gasteiger partial charge in [-0.2, -0.15) is 0 Å². The Labute approximate surface area is 125 Å². The Balaban J connectivity index is 2.18. The van der Waals surface area contributed by atoms with Crippen LogP contribution >= 0.6 is 11.6 Å². The van der Waals surface area contributed by atoms with Crippen molar-refractivity contribution in [1.82, 2.24) is 10.2 Å². The van der Waals surface area contributed by atoms with E-state index in [4.69, 9.17) is 11.6 Å². The maximum Gasteiger partial charge on any atom is 0.219 e. The molecule has 1 N–H and O–H groups in total. The molecule has 4 nitrogen and oxygen atoms in total. The molecule has 2 rings (SSSR count). The zero-order valence-corrected chi connectivity index (χ0v) is 12.9. The van der Waals surface area contributed by atoms with Gasteiger partial charge in [-0.1, -0.05) is 17.7 Å². The first-order valence-electron chi connectivity index (χ1n) is 7.05. The normalized spacial score (nSPS) is 16.1. The first-order chi connectivity index (χ1) is 9.61. The summed E-state index contributed by atoms with van der Waals surface area (Å²) in [5.41, 5.74) is 2.42. The van der Waals surface area contributed by atoms with Gasteiger partial charge in [0.05, 0.1) is 0 Å². The number of nitrogens with zero attached hydrogens (tertiary/aromatic N) is 2. The summed E-state index contributed by atoms with van der Waals surface area (Å²) in [6, 6.07) is 6.02. The van der Waals surface area contributed by atoms with Crippen molar-refractivity contribution in [3.05, 3.63) is 28.8 Å². The molecule has 1 fully saturated rings. The van der Waals surface area contributed by atoms with Crippen LogP contribution in [0.1, 0.15) is 18.9 Å². The Hall–Kier alpha value is -1.26. The van der Waals surface area contributed by atoms with Crippen molar-refractivity contribution in [2.45, 2.75) is 19.9 Å². The number of amides is 1. The third-order valence-electron chi connectivity index (χ3n) is 3.70. The Morgan fingerprint density at radius 3 is 2.80 bits per heavy atom. The Bertz CT molecular complexity index is 478. The maximum absolute atomic E-state index is 11.5. The molecule has 1 aromatic carbocycles. The van der Waals surface area contributed by atoms with Crippen LogP contribution in [-0.2, 0) is 11.3 Å². The highest BCUT2D eigenvalue weighted by Gasteiger charge is 2.18. The molecule has 0 spiro atoms. The predicted molar refractivity (Wildman–Crippen MR) is 83.3 cm³/mol. The highest BCUT2D eigenvalue weighted by atomic mass is 35.5. The van der Waals surface area contributed by atoms with Crippen LogP contribution in [0.3, 0.4) is 0 Å². The fourth-order valence-electron chi connectivity index (χ4n) is 2.64. The molecule has 110 valence electrons. The lowest BCUT2D eigenvalue weighted by atomic mass is 10.1. The minimum Gasteiger partial charge on any atom is -0.369 e. The monoisotopic (exact) mass is 295 g/mol. The minimum atomic E-state index is 0.161. The zero-order chi connectivity index (χ0) is 14.5. The molecule has 0 radical (unpaired) electrons. The minimum absolute atomic E-state index is 0.161. The molecular weight excluding hydrogens is 274 g/mol. The van der Waals surface area contributed by atoms with Crippen molar-refractivity contribution in [1.29, 1.82) is 0 Å². The molecule has 1 heterocycles. The number of benzene rings is 1. The van der Waals surface area contributed by atoms with E-state index in [1.54, 1.807) is 6.92 Å². The zero-order valence-electron chi connectivity index (χ0n) is 12.2. The van der Waals surface area contributed by atoms with Crippen molar-refractivity contribution in [2.75, 3.05) is 38.1 Å². The second-order valence-electron chi connectivity index (χ2n) is 5.15. The summed E-state index contributed by atoms with van der Waals surface area (Å²) >= 11 is 6.14. The summed E-state index contributed by atoms with van der Waals surface area (Å²) < 4.78 is 0. The molecule has 1 aliphatic heterocycles. The van der Waals surface area contributed by atoms with Gasteiger partial charge in [-0.3, -0.25) is 4.79 Å². The molecule has 1 saturated heterocycles. The van der Waals surface area contributed by atoms with Gasteiger partial charge in [0.15, 0.2) is 0 Å². The lowest BCUT2D eigenvalue weighted by Crippen LogP contribution is -2.34. The molecule has 1 aromatic rings. The van der Waals surface area contributed by atoms with E-state index in [0.29, 0.717) is 0 Å². The number of hydrogen-bond donors (Lipinski definition) is 1. The molecule has 0 bridgehead atoms. The van der Waals surface area contributed by atoms with Gasteiger partial charge in [0.2, 0.25) is 5.91 Å². The van der Waals surface area contributed by atoms with Crippen LogP contribution in [0.15, 0.2) is 18.2 Å². The fourth-order valence-corrected chi connectivity index (χ4v) is 2.81. The van der Waals surface area contributed by atoms with Crippen LogP contribution in [0.2, 0.25) is 5.02 Å². The van der Waals surface area contributed by atoms with Crippen molar-refractivity contribution in [2.24, 2.45) is 0 Å². The summed E-state index contributed by atoms with van der Waals surface area (Å²) in [5.74, 6) is 0.161. The van der Waals surface area contributed by atoms with Crippen LogP contribution in [0.25, 0.3) is 0 Å². The number of halogens is 1. The van der Waals surface area contributed by atoms with E-state index in [9.17, 15) is 4.79 Å². The average Bonchev–Trinajstić information content (AvgIpc) is 2.67. The highest BCUT2D eigenvalue weighted by Crippen LogP contribution is 2.26. The van der Waals surface area contributed by atoms with Crippen molar-refractivity contribution in [3.63, 3.8) is 0 Å². The van der Waals surface area contributed by atoms with Crippen LogP contribution < -0.4 is 10.2 Å². The lowest BCUT2D eigenvalue weighted by Gasteiger charge is -2.26. The fraction of sp³-hybridized carbons (Fsp3) is 0.533. The molecule has 5 heteroatoms. The van der Waals surface area contributed by atoms with Crippen LogP contribution in [0.4, 0.5) is 5.69 Å². The number of carbonyl (C=O) groups excluding carboxylic acids is 1. The Morgan fingerprint density at radius 1 is 1.30 bits per heavy atom. The summed E-state index contributed by atoms with van der Waals surface area (Å²) in [5, 5.41) is 3.95. The average molecular weight is 296 g/mol. The summed E-state index contributed by atoms with van der Waals surface area (Å²) in [6.45, 7) is 5.90. The molecule has 0 aromatic heterocycles. The van der Waals surface area contributed by atoms with E-state index < -0.39 is 0 Å². The number of nitrogens with one attached hydrogen (secondary N) is 1. The number of carbonyl (C=O) groups is 1. The van der Waals surface area contributed by atoms with Crippen LogP contribution in [0, 0.1) is 0 Å². The molecule has 0 aliphatic carbocycles. The van der Waals surface area contributed by atoms with E-state index in [-0.39, 0.29) is 5.91 Å². The number of anilines is 1. The van der Waals surface area contributed by atoms with Gasteiger partial charge in [-0.05, 0) is 31.2 Å². The molecule has 20 heavy (non-hydrogen) atoms. The molecule has 1 amide bonds. The molecule has 0 saturated carbocycles. The maximum atomic E-state index is 11.5. The number of rotatable bonds is 3. The topological polar surface area (TPSA) is 35.6 Å². The largest absolute Gasteiger partial charge is 0.369 e. The second-order valence-corrected chi connectivity index (χ2v) is 5.59. The van der Waals surface area contributed by atoms with Crippen molar-refractivity contribution >= 4 is 23.2 Å². The summed E-state index contributed by atoms with van der Waals surface area (Å²) in [7, 11) is 1.94. The first kappa shape index (κ1) is 15.1. The third kappa shape index (κ3) is 3.64. The summed E-state index contributed by atoms with van der Waals surface area (Å²) in [4.78, 5) is 15.7. The van der Waals surface area contributed by atoms with Crippen LogP contribution in [0.5, 0.6) is 0 Å². The molecule has 0 unspecified atom stereocenters. The van der Waals surface area contributed by atoms with Gasteiger partial charge >= 0.3 is 0 Å². The van der Waals surface area contributed by atoms with Gasteiger partial charge in [0, 0.05) is 50.4 Å². The Morgan fingerprint density at radius 2 is 2.10 bits per heavy atom. The van der Waals surface area contributed by atoms with Gasteiger partial charge in [-0.15, -0.1) is 0 Å². The van der Waals surface area contributed by atoms with Crippen molar-refractivity contribution < 1.29 is 4.79 Å². The SMILES string of the molecule is CNCc1ccc(Cl)cc1N1CCCN(C(C)=O)CC1. The van der Waals surface area contributed by atoms with Crippen LogP contribution in [-0.4, -0.2) is 44.0 Å². The van der Waals surface area contributed by atoms with E-state index in [0.717, 1.165) is 44.2 Å². The van der Waals surface area contributed by atoms with Gasteiger partial charge in [-0.25, -0.2) is 0 Å². The summed E-state index contributed by atoms with van der Waals surface area (Å²) in [6.07, 6.45) is 0.991. The highest BCUT2D eigenvalue weighted by molar-refractivity contribution is 6.30. The smallest absolute Gasteiger partial charge is 0.219 e. The van der Waals surface area contributed by atoms with E-state index >= 15 is 0 Å². The molecule has 1 aliphatic rings. The number of hydrogen-bond acceptors (Lipinski definition) is 3. The van der Waals surface area contributed by atoms with Gasteiger partial charge in [0.25, 0.3) is 0 Å². The Kier molecular flexibility index (Phi) is 5.26. The standard InChI is InChI=1S/C15H22ClN3O/c1-12(20)18-6-3-7-19(9-8-18)15-10-14(16)5-4-13(15)11-17-2/h4-5,10,17H,3,6-9,11H2,1-2H3. The quantitative estimate of drug-likeness (QED) is 0.928. The molecule has 0 atom stereocenters. The third-order valence-corrected chi connectivity index (χ3v) is 3.93.